The molecule has 0 aromatic heterocycles. The van der Waals surface area contributed by atoms with Gasteiger partial charge in [0.1, 0.15) is 5.75 Å². The van der Waals surface area contributed by atoms with E-state index in [0.29, 0.717) is 11.5 Å². The van der Waals surface area contributed by atoms with Crippen molar-refractivity contribution in [3.05, 3.63) is 59.7 Å². The molecule has 1 atom stereocenters. The number of rotatable bonds is 2. The summed E-state index contributed by atoms with van der Waals surface area (Å²) in [5, 5.41) is 0. The van der Waals surface area contributed by atoms with Crippen molar-refractivity contribution in [2.75, 3.05) is 12.0 Å². The average molecular weight is 309 g/mol. The normalized spacial score (nSPS) is 19.1. The van der Waals surface area contributed by atoms with E-state index < -0.39 is 0 Å². The molecule has 1 aliphatic heterocycles. The zero-order chi connectivity index (χ0) is 16.6. The maximum atomic E-state index is 13.2. The lowest BCUT2D eigenvalue weighted by molar-refractivity contribution is 0.0954. The second-order valence-electron chi connectivity index (χ2n) is 6.85. The second kappa shape index (κ2) is 5.73. The van der Waals surface area contributed by atoms with Gasteiger partial charge in [-0.15, -0.1) is 0 Å². The smallest absolute Gasteiger partial charge is 0.258 e. The Balaban J connectivity index is 2.14. The summed E-state index contributed by atoms with van der Waals surface area (Å²) < 4.78 is 5.38. The van der Waals surface area contributed by atoms with Crippen molar-refractivity contribution in [2.24, 2.45) is 0 Å². The molecular weight excluding hydrogens is 286 g/mol. The first-order valence-electron chi connectivity index (χ1n) is 8.01. The molecule has 0 saturated heterocycles. The lowest BCUT2D eigenvalue weighted by Crippen LogP contribution is -2.51. The fourth-order valence-electron chi connectivity index (χ4n) is 3.63. The van der Waals surface area contributed by atoms with Crippen molar-refractivity contribution in [3.63, 3.8) is 0 Å². The predicted molar refractivity (Wildman–Crippen MR) is 93.4 cm³/mol. The second-order valence-corrected chi connectivity index (χ2v) is 6.85. The molecular formula is C20H23NO2. The fourth-order valence-corrected chi connectivity index (χ4v) is 3.63. The molecule has 1 unspecified atom stereocenters. The van der Waals surface area contributed by atoms with Gasteiger partial charge in [-0.1, -0.05) is 31.2 Å². The number of hydrogen-bond acceptors (Lipinski definition) is 2. The highest BCUT2D eigenvalue weighted by Crippen LogP contribution is 2.45. The van der Waals surface area contributed by atoms with E-state index in [0.717, 1.165) is 17.9 Å². The topological polar surface area (TPSA) is 29.5 Å². The van der Waals surface area contributed by atoms with Crippen LogP contribution >= 0.6 is 0 Å². The Labute approximate surface area is 137 Å². The number of carbonyl (C=O) groups is 1. The van der Waals surface area contributed by atoms with Crippen molar-refractivity contribution in [3.8, 4) is 5.75 Å². The van der Waals surface area contributed by atoms with Gasteiger partial charge in [0.05, 0.1) is 12.8 Å². The minimum atomic E-state index is -0.244. The number of fused-ring (bicyclic) bond motifs is 1. The number of benzene rings is 2. The van der Waals surface area contributed by atoms with Crippen LogP contribution in [0.3, 0.4) is 0 Å². The van der Waals surface area contributed by atoms with E-state index in [9.17, 15) is 4.79 Å². The largest absolute Gasteiger partial charge is 0.497 e. The summed E-state index contributed by atoms with van der Waals surface area (Å²) in [6, 6.07) is 15.5. The Bertz CT molecular complexity index is 722. The molecule has 3 nitrogen and oxygen atoms in total. The highest BCUT2D eigenvalue weighted by Gasteiger charge is 2.40. The molecule has 23 heavy (non-hydrogen) atoms. The molecule has 3 heteroatoms. The molecule has 1 heterocycles. The lowest BCUT2D eigenvalue weighted by Gasteiger charge is -2.46. The van der Waals surface area contributed by atoms with Gasteiger partial charge in [-0.2, -0.15) is 0 Å². The number of ether oxygens (including phenoxy) is 1. The summed E-state index contributed by atoms with van der Waals surface area (Å²) >= 11 is 0. The van der Waals surface area contributed by atoms with E-state index in [-0.39, 0.29) is 11.4 Å². The number of methoxy groups -OCH3 is 1. The molecule has 0 fully saturated rings. The Hall–Kier alpha value is -2.29. The van der Waals surface area contributed by atoms with Crippen LogP contribution in [0.4, 0.5) is 5.69 Å². The van der Waals surface area contributed by atoms with Gasteiger partial charge in [0.15, 0.2) is 0 Å². The van der Waals surface area contributed by atoms with Crippen LogP contribution in [0.15, 0.2) is 48.5 Å². The van der Waals surface area contributed by atoms with Gasteiger partial charge in [0.25, 0.3) is 5.91 Å². The first-order valence-corrected chi connectivity index (χ1v) is 8.01. The van der Waals surface area contributed by atoms with E-state index in [1.807, 2.05) is 47.4 Å². The van der Waals surface area contributed by atoms with Gasteiger partial charge >= 0.3 is 0 Å². The van der Waals surface area contributed by atoms with Crippen LogP contribution < -0.4 is 9.64 Å². The third kappa shape index (κ3) is 2.72. The molecule has 0 bridgehead atoms. The summed E-state index contributed by atoms with van der Waals surface area (Å²) in [6.45, 7) is 6.48. The summed E-state index contributed by atoms with van der Waals surface area (Å²) in [5.74, 6) is 1.22. The van der Waals surface area contributed by atoms with Crippen LogP contribution in [0, 0.1) is 0 Å². The van der Waals surface area contributed by atoms with Gasteiger partial charge in [0.2, 0.25) is 0 Å². The third-order valence-corrected chi connectivity index (χ3v) is 4.64. The molecule has 3 rings (SSSR count). The van der Waals surface area contributed by atoms with Crippen LogP contribution in [0.2, 0.25) is 0 Å². The van der Waals surface area contributed by atoms with Crippen molar-refractivity contribution in [2.45, 2.75) is 38.6 Å². The zero-order valence-corrected chi connectivity index (χ0v) is 14.2. The minimum Gasteiger partial charge on any atom is -0.497 e. The molecule has 0 aliphatic carbocycles. The van der Waals surface area contributed by atoms with Crippen LogP contribution in [-0.2, 0) is 0 Å². The first-order chi connectivity index (χ1) is 10.9. The van der Waals surface area contributed by atoms with Crippen LogP contribution in [0.1, 0.15) is 49.0 Å². The summed E-state index contributed by atoms with van der Waals surface area (Å²) in [6.07, 6.45) is 0.935. The molecule has 2 aromatic carbocycles. The van der Waals surface area contributed by atoms with Gasteiger partial charge in [-0.3, -0.25) is 4.79 Å². The maximum absolute atomic E-state index is 13.2. The van der Waals surface area contributed by atoms with Crippen LogP contribution in [-0.4, -0.2) is 18.6 Å². The van der Waals surface area contributed by atoms with E-state index in [2.05, 4.69) is 26.8 Å². The molecule has 1 amide bonds. The Kier molecular flexibility index (Phi) is 3.88. The van der Waals surface area contributed by atoms with Crippen molar-refractivity contribution in [1.29, 1.82) is 0 Å². The Morgan fingerprint density at radius 1 is 1.17 bits per heavy atom. The van der Waals surface area contributed by atoms with Gasteiger partial charge in [-0.05, 0) is 49.9 Å². The molecule has 0 saturated carbocycles. The predicted octanol–water partition coefficient (Wildman–Crippen LogP) is 4.63. The number of nitrogens with zero attached hydrogens (tertiary/aromatic N) is 1. The Morgan fingerprint density at radius 2 is 1.87 bits per heavy atom. The quantitative estimate of drug-likeness (QED) is 0.809. The molecule has 0 radical (unpaired) electrons. The third-order valence-electron chi connectivity index (χ3n) is 4.64. The first kappa shape index (κ1) is 15.6. The minimum absolute atomic E-state index is 0.0389. The SMILES string of the molecule is COc1ccc2c(c1)N(C(=O)c1ccccc1)C(C)(C)CC2C. The van der Waals surface area contributed by atoms with E-state index in [1.165, 1.54) is 5.56 Å². The lowest BCUT2D eigenvalue weighted by atomic mass is 9.79. The van der Waals surface area contributed by atoms with Gasteiger partial charge in [0, 0.05) is 17.2 Å². The van der Waals surface area contributed by atoms with Gasteiger partial charge in [-0.25, -0.2) is 0 Å². The van der Waals surface area contributed by atoms with E-state index >= 15 is 0 Å². The molecule has 2 aromatic rings. The Morgan fingerprint density at radius 3 is 2.52 bits per heavy atom. The van der Waals surface area contributed by atoms with Gasteiger partial charge < -0.3 is 9.64 Å². The van der Waals surface area contributed by atoms with Crippen LogP contribution in [0.5, 0.6) is 5.75 Å². The average Bonchev–Trinajstić information content (AvgIpc) is 2.54. The van der Waals surface area contributed by atoms with Crippen molar-refractivity contribution in [1.82, 2.24) is 0 Å². The number of amides is 1. The highest BCUT2D eigenvalue weighted by atomic mass is 16.5. The summed E-state index contributed by atoms with van der Waals surface area (Å²) in [4.78, 5) is 15.1. The van der Waals surface area contributed by atoms with E-state index in [1.54, 1.807) is 7.11 Å². The number of hydrogen-bond donors (Lipinski definition) is 0. The maximum Gasteiger partial charge on any atom is 0.258 e. The fraction of sp³-hybridized carbons (Fsp3) is 0.350. The summed E-state index contributed by atoms with van der Waals surface area (Å²) in [7, 11) is 1.66. The standard InChI is InChI=1S/C20H23NO2/c1-14-13-20(2,3)21(19(22)15-8-6-5-7-9-15)18-12-16(23-4)10-11-17(14)18/h5-12,14H,13H2,1-4H3. The van der Waals surface area contributed by atoms with E-state index in [4.69, 9.17) is 4.74 Å². The van der Waals surface area contributed by atoms with Crippen molar-refractivity contribution < 1.29 is 9.53 Å². The van der Waals surface area contributed by atoms with Crippen molar-refractivity contribution >= 4 is 11.6 Å². The summed E-state index contributed by atoms with van der Waals surface area (Å²) in [5.41, 5.74) is 2.63. The monoisotopic (exact) mass is 309 g/mol. The highest BCUT2D eigenvalue weighted by molar-refractivity contribution is 6.08. The van der Waals surface area contributed by atoms with Crippen LogP contribution in [0.25, 0.3) is 0 Å². The molecule has 1 aliphatic rings. The molecule has 120 valence electrons. The number of anilines is 1. The molecule has 0 spiro atoms. The number of carbonyl (C=O) groups excluding carboxylic acids is 1. The molecule has 0 N–H and O–H groups in total. The zero-order valence-electron chi connectivity index (χ0n) is 14.2.